The van der Waals surface area contributed by atoms with E-state index in [0.29, 0.717) is 5.56 Å². The molecule has 0 aromatic heterocycles. The van der Waals surface area contributed by atoms with Crippen molar-refractivity contribution in [3.05, 3.63) is 48.6 Å². The van der Waals surface area contributed by atoms with E-state index in [4.69, 9.17) is 5.11 Å². The Morgan fingerprint density at radius 1 is 1.10 bits per heavy atom. The van der Waals surface area contributed by atoms with Crippen LogP contribution < -0.4 is 0 Å². The SMILES string of the molecule is C=C.CC.CN1CCN(Cc2ccc(C(=O)O)cc2)CC1. The minimum absolute atomic E-state index is 0.354. The molecule has 4 nitrogen and oxygen atoms in total. The maximum absolute atomic E-state index is 10.7. The molecule has 0 spiro atoms. The summed E-state index contributed by atoms with van der Waals surface area (Å²) in [6.07, 6.45) is 0. The molecule has 1 aliphatic heterocycles. The lowest BCUT2D eigenvalue weighted by atomic mass is 10.1. The number of benzene rings is 1. The van der Waals surface area contributed by atoms with Crippen LogP contribution in [0.2, 0.25) is 0 Å². The highest BCUT2D eigenvalue weighted by molar-refractivity contribution is 5.87. The Kier molecular flexibility index (Phi) is 10.2. The molecule has 0 saturated carbocycles. The molecule has 1 aliphatic rings. The minimum Gasteiger partial charge on any atom is -0.478 e. The Balaban J connectivity index is 0.000000921. The Bertz CT molecular complexity index is 396. The number of piperazine rings is 1. The standard InChI is InChI=1S/C13H18N2O2.C2H6.C2H4/c1-14-6-8-15(9-7-14)10-11-2-4-12(5-3-11)13(16)17;2*1-2/h2-5H,6-10H2,1H3,(H,16,17);1-2H3;1-2H2. The highest BCUT2D eigenvalue weighted by Crippen LogP contribution is 2.09. The van der Waals surface area contributed by atoms with Crippen molar-refractivity contribution in [2.75, 3.05) is 33.2 Å². The van der Waals surface area contributed by atoms with Crippen LogP contribution in [0.5, 0.6) is 0 Å². The number of carbonyl (C=O) groups is 1. The van der Waals surface area contributed by atoms with Crippen LogP contribution in [0.4, 0.5) is 0 Å². The molecule has 21 heavy (non-hydrogen) atoms. The molecule has 0 unspecified atom stereocenters. The summed E-state index contributed by atoms with van der Waals surface area (Å²) in [4.78, 5) is 15.4. The Morgan fingerprint density at radius 3 is 2.00 bits per heavy atom. The summed E-state index contributed by atoms with van der Waals surface area (Å²) in [6.45, 7) is 15.3. The molecule has 2 rings (SSSR count). The van der Waals surface area contributed by atoms with Gasteiger partial charge >= 0.3 is 5.97 Å². The average molecular weight is 292 g/mol. The number of hydrogen-bond acceptors (Lipinski definition) is 3. The van der Waals surface area contributed by atoms with E-state index in [9.17, 15) is 4.79 Å². The number of carboxylic acids is 1. The van der Waals surface area contributed by atoms with Gasteiger partial charge in [-0.15, -0.1) is 13.2 Å². The first kappa shape index (κ1) is 19.4. The molecule has 1 aromatic carbocycles. The largest absolute Gasteiger partial charge is 0.478 e. The summed E-state index contributed by atoms with van der Waals surface area (Å²) in [5, 5.41) is 8.81. The van der Waals surface area contributed by atoms with Crippen LogP contribution in [0.3, 0.4) is 0 Å². The first-order chi connectivity index (χ1) is 10.1. The summed E-state index contributed by atoms with van der Waals surface area (Å²) in [6, 6.07) is 7.16. The lowest BCUT2D eigenvalue weighted by molar-refractivity contribution is 0.0697. The van der Waals surface area contributed by atoms with Gasteiger partial charge in [-0.1, -0.05) is 26.0 Å². The minimum atomic E-state index is -0.865. The number of likely N-dealkylation sites (N-methyl/N-ethyl adjacent to an activating group) is 1. The summed E-state index contributed by atoms with van der Waals surface area (Å²) in [7, 11) is 2.14. The van der Waals surface area contributed by atoms with Crippen molar-refractivity contribution in [3.63, 3.8) is 0 Å². The monoisotopic (exact) mass is 292 g/mol. The lowest BCUT2D eigenvalue weighted by Crippen LogP contribution is -2.43. The molecule has 0 amide bonds. The molecule has 4 heteroatoms. The predicted molar refractivity (Wildman–Crippen MR) is 88.8 cm³/mol. The summed E-state index contributed by atoms with van der Waals surface area (Å²) in [5.41, 5.74) is 1.53. The molecule has 1 saturated heterocycles. The van der Waals surface area contributed by atoms with Gasteiger partial charge in [-0.2, -0.15) is 0 Å². The van der Waals surface area contributed by atoms with Crippen LogP contribution in [0, 0.1) is 0 Å². The van der Waals surface area contributed by atoms with Gasteiger partial charge in [0.05, 0.1) is 5.56 Å². The zero-order valence-corrected chi connectivity index (χ0v) is 13.5. The quantitative estimate of drug-likeness (QED) is 0.870. The number of carboxylic acid groups (broad SMARTS) is 1. The van der Waals surface area contributed by atoms with Gasteiger partial charge in [0.1, 0.15) is 0 Å². The summed E-state index contributed by atoms with van der Waals surface area (Å²) < 4.78 is 0. The fraction of sp³-hybridized carbons (Fsp3) is 0.471. The molecule has 0 atom stereocenters. The summed E-state index contributed by atoms with van der Waals surface area (Å²) in [5.74, 6) is -0.865. The maximum Gasteiger partial charge on any atom is 0.335 e. The van der Waals surface area contributed by atoms with Crippen molar-refractivity contribution >= 4 is 5.97 Å². The smallest absolute Gasteiger partial charge is 0.335 e. The zero-order valence-electron chi connectivity index (χ0n) is 13.5. The van der Waals surface area contributed by atoms with Gasteiger partial charge in [-0.05, 0) is 24.7 Å². The van der Waals surface area contributed by atoms with E-state index >= 15 is 0 Å². The Labute approximate surface area is 128 Å². The van der Waals surface area contributed by atoms with Gasteiger partial charge in [0, 0.05) is 32.7 Å². The molecular weight excluding hydrogens is 264 g/mol. The maximum atomic E-state index is 10.7. The van der Waals surface area contributed by atoms with Crippen LogP contribution >= 0.6 is 0 Å². The second-order valence-electron chi connectivity index (χ2n) is 4.58. The number of hydrogen-bond donors (Lipinski definition) is 1. The molecule has 1 aromatic rings. The zero-order chi connectivity index (χ0) is 16.3. The van der Waals surface area contributed by atoms with Gasteiger partial charge in [-0.3, -0.25) is 4.90 Å². The second-order valence-corrected chi connectivity index (χ2v) is 4.58. The third-order valence-corrected chi connectivity index (χ3v) is 3.20. The topological polar surface area (TPSA) is 43.8 Å². The third kappa shape index (κ3) is 7.06. The molecule has 1 N–H and O–H groups in total. The number of rotatable bonds is 3. The van der Waals surface area contributed by atoms with Crippen molar-refractivity contribution in [1.82, 2.24) is 9.80 Å². The second kappa shape index (κ2) is 11.1. The molecule has 118 valence electrons. The predicted octanol–water partition coefficient (Wildman–Crippen LogP) is 2.96. The normalized spacial score (nSPS) is 15.2. The molecular formula is C17H28N2O2. The van der Waals surface area contributed by atoms with Crippen LogP contribution in [0.1, 0.15) is 29.8 Å². The van der Waals surface area contributed by atoms with Crippen molar-refractivity contribution < 1.29 is 9.90 Å². The molecule has 1 heterocycles. The van der Waals surface area contributed by atoms with E-state index in [-0.39, 0.29) is 0 Å². The Hall–Kier alpha value is -1.65. The first-order valence-corrected chi connectivity index (χ1v) is 7.38. The molecule has 0 bridgehead atoms. The summed E-state index contributed by atoms with van der Waals surface area (Å²) >= 11 is 0. The van der Waals surface area contributed by atoms with E-state index in [2.05, 4.69) is 30.0 Å². The van der Waals surface area contributed by atoms with Crippen LogP contribution in [0.15, 0.2) is 37.4 Å². The fourth-order valence-electron chi connectivity index (χ4n) is 2.02. The molecule has 0 aliphatic carbocycles. The van der Waals surface area contributed by atoms with E-state index in [1.165, 1.54) is 5.56 Å². The highest BCUT2D eigenvalue weighted by atomic mass is 16.4. The van der Waals surface area contributed by atoms with Crippen molar-refractivity contribution in [2.45, 2.75) is 20.4 Å². The van der Waals surface area contributed by atoms with Gasteiger partial charge in [0.15, 0.2) is 0 Å². The van der Waals surface area contributed by atoms with Crippen LogP contribution in [-0.4, -0.2) is 54.1 Å². The number of aromatic carboxylic acids is 1. The third-order valence-electron chi connectivity index (χ3n) is 3.20. The highest BCUT2D eigenvalue weighted by Gasteiger charge is 2.13. The van der Waals surface area contributed by atoms with Gasteiger partial charge in [0.25, 0.3) is 0 Å². The van der Waals surface area contributed by atoms with E-state index in [1.54, 1.807) is 12.1 Å². The Morgan fingerprint density at radius 2 is 1.57 bits per heavy atom. The van der Waals surface area contributed by atoms with Crippen molar-refractivity contribution in [1.29, 1.82) is 0 Å². The average Bonchev–Trinajstić information content (AvgIpc) is 2.54. The van der Waals surface area contributed by atoms with Gasteiger partial charge in [-0.25, -0.2) is 4.79 Å². The van der Waals surface area contributed by atoms with Crippen LogP contribution in [-0.2, 0) is 6.54 Å². The first-order valence-electron chi connectivity index (χ1n) is 7.38. The fourth-order valence-corrected chi connectivity index (χ4v) is 2.02. The van der Waals surface area contributed by atoms with Crippen molar-refractivity contribution in [2.24, 2.45) is 0 Å². The number of nitrogens with zero attached hydrogens (tertiary/aromatic N) is 2. The van der Waals surface area contributed by atoms with E-state index in [0.717, 1.165) is 32.7 Å². The van der Waals surface area contributed by atoms with Gasteiger partial charge < -0.3 is 10.0 Å². The lowest BCUT2D eigenvalue weighted by Gasteiger charge is -2.32. The van der Waals surface area contributed by atoms with E-state index < -0.39 is 5.97 Å². The van der Waals surface area contributed by atoms with Gasteiger partial charge in [0.2, 0.25) is 0 Å². The van der Waals surface area contributed by atoms with E-state index in [1.807, 2.05) is 26.0 Å². The van der Waals surface area contributed by atoms with Crippen molar-refractivity contribution in [3.8, 4) is 0 Å². The van der Waals surface area contributed by atoms with Crippen LogP contribution in [0.25, 0.3) is 0 Å². The molecule has 0 radical (unpaired) electrons. The molecule has 1 fully saturated rings.